The molecule has 2 rings (SSSR count). The second-order valence-electron chi connectivity index (χ2n) is 2.96. The minimum atomic E-state index is 0.214. The van der Waals surface area contributed by atoms with E-state index in [1.807, 2.05) is 12.1 Å². The Balaban J connectivity index is 2.62. The predicted octanol–water partition coefficient (Wildman–Crippen LogP) is 2.55. The summed E-state index contributed by atoms with van der Waals surface area (Å²) in [5.41, 5.74) is 7.16. The molecular weight excluding hydrogens is 279 g/mol. The van der Waals surface area contributed by atoms with Crippen LogP contribution >= 0.6 is 27.5 Å². The van der Waals surface area contributed by atoms with Crippen LogP contribution in [0.25, 0.3) is 10.9 Å². The SMILES string of the molecule is NC(CCl)=Nc1ccc(Br)c2cn[nH]c12. The van der Waals surface area contributed by atoms with Crippen LogP contribution in [0.5, 0.6) is 0 Å². The summed E-state index contributed by atoms with van der Waals surface area (Å²) in [6.45, 7) is 0. The number of nitrogens with two attached hydrogens (primary N) is 1. The van der Waals surface area contributed by atoms with Crippen molar-refractivity contribution in [2.24, 2.45) is 10.7 Å². The highest BCUT2D eigenvalue weighted by molar-refractivity contribution is 9.10. The third kappa shape index (κ3) is 1.98. The molecular formula is C9H8BrClN4. The van der Waals surface area contributed by atoms with Gasteiger partial charge in [-0.15, -0.1) is 11.6 Å². The second kappa shape index (κ2) is 4.20. The smallest absolute Gasteiger partial charge is 0.115 e. The first kappa shape index (κ1) is 10.4. The van der Waals surface area contributed by atoms with E-state index in [4.69, 9.17) is 17.3 Å². The highest BCUT2D eigenvalue weighted by atomic mass is 79.9. The average molecular weight is 288 g/mol. The van der Waals surface area contributed by atoms with E-state index in [9.17, 15) is 0 Å². The van der Waals surface area contributed by atoms with Gasteiger partial charge in [0.2, 0.25) is 0 Å². The van der Waals surface area contributed by atoms with Crippen LogP contribution in [0.15, 0.2) is 27.8 Å². The quantitative estimate of drug-likeness (QED) is 0.506. The minimum absolute atomic E-state index is 0.214. The van der Waals surface area contributed by atoms with Crippen LogP contribution in [-0.2, 0) is 0 Å². The first-order chi connectivity index (χ1) is 7.22. The van der Waals surface area contributed by atoms with Crippen molar-refractivity contribution in [2.75, 3.05) is 5.88 Å². The van der Waals surface area contributed by atoms with Crippen LogP contribution in [0.2, 0.25) is 0 Å². The number of aliphatic imine (C=N–C) groups is 1. The molecule has 0 spiro atoms. The number of alkyl halides is 1. The van der Waals surface area contributed by atoms with Crippen molar-refractivity contribution in [1.82, 2.24) is 10.2 Å². The number of H-pyrrole nitrogens is 1. The van der Waals surface area contributed by atoms with E-state index in [2.05, 4.69) is 31.1 Å². The number of aromatic amines is 1. The lowest BCUT2D eigenvalue weighted by Crippen LogP contribution is -2.12. The molecule has 1 heterocycles. The fraction of sp³-hybridized carbons (Fsp3) is 0.111. The molecule has 2 aromatic rings. The third-order valence-corrected chi connectivity index (χ3v) is 2.91. The zero-order valence-electron chi connectivity index (χ0n) is 7.67. The van der Waals surface area contributed by atoms with Crippen molar-refractivity contribution in [1.29, 1.82) is 0 Å². The van der Waals surface area contributed by atoms with Gasteiger partial charge < -0.3 is 5.73 Å². The van der Waals surface area contributed by atoms with Crippen molar-refractivity contribution in [3.05, 3.63) is 22.8 Å². The Morgan fingerprint density at radius 3 is 3.13 bits per heavy atom. The Morgan fingerprint density at radius 1 is 1.60 bits per heavy atom. The molecule has 15 heavy (non-hydrogen) atoms. The molecule has 0 atom stereocenters. The summed E-state index contributed by atoms with van der Waals surface area (Å²) in [5, 5.41) is 7.80. The Morgan fingerprint density at radius 2 is 2.40 bits per heavy atom. The number of hydrogen-bond donors (Lipinski definition) is 2. The molecule has 0 fully saturated rings. The van der Waals surface area contributed by atoms with Crippen molar-refractivity contribution >= 4 is 50.0 Å². The molecule has 0 saturated heterocycles. The largest absolute Gasteiger partial charge is 0.386 e. The third-order valence-electron chi connectivity index (χ3n) is 1.94. The van der Waals surface area contributed by atoms with Crippen LogP contribution in [0.4, 0.5) is 5.69 Å². The molecule has 0 amide bonds. The zero-order valence-corrected chi connectivity index (χ0v) is 10.0. The second-order valence-corrected chi connectivity index (χ2v) is 4.08. The number of amidine groups is 1. The highest BCUT2D eigenvalue weighted by Crippen LogP contribution is 2.29. The van der Waals surface area contributed by atoms with Gasteiger partial charge in [0.05, 0.1) is 23.3 Å². The first-order valence-electron chi connectivity index (χ1n) is 4.23. The van der Waals surface area contributed by atoms with Gasteiger partial charge in [0.1, 0.15) is 5.84 Å². The number of rotatable bonds is 2. The summed E-state index contributed by atoms with van der Waals surface area (Å²) in [4.78, 5) is 4.19. The highest BCUT2D eigenvalue weighted by Gasteiger charge is 2.05. The Hall–Kier alpha value is -1.07. The van der Waals surface area contributed by atoms with Crippen LogP contribution in [0.1, 0.15) is 0 Å². The molecule has 0 radical (unpaired) electrons. The molecule has 0 saturated carbocycles. The topological polar surface area (TPSA) is 67.1 Å². The lowest BCUT2D eigenvalue weighted by molar-refractivity contribution is 1.12. The number of benzene rings is 1. The van der Waals surface area contributed by atoms with E-state index in [1.165, 1.54) is 0 Å². The fourth-order valence-corrected chi connectivity index (χ4v) is 1.76. The summed E-state index contributed by atoms with van der Waals surface area (Å²) < 4.78 is 0.967. The molecule has 1 aromatic carbocycles. The van der Waals surface area contributed by atoms with E-state index >= 15 is 0 Å². The number of nitrogens with zero attached hydrogens (tertiary/aromatic N) is 2. The van der Waals surface area contributed by atoms with Gasteiger partial charge in [-0.1, -0.05) is 15.9 Å². The molecule has 0 aliphatic carbocycles. The van der Waals surface area contributed by atoms with Gasteiger partial charge in [-0.05, 0) is 12.1 Å². The summed E-state index contributed by atoms with van der Waals surface area (Å²) in [5.74, 6) is 0.598. The van der Waals surface area contributed by atoms with E-state index in [0.717, 1.165) is 21.1 Å². The van der Waals surface area contributed by atoms with Gasteiger partial charge in [-0.25, -0.2) is 4.99 Å². The molecule has 6 heteroatoms. The maximum absolute atomic E-state index is 5.57. The zero-order chi connectivity index (χ0) is 10.8. The lowest BCUT2D eigenvalue weighted by atomic mass is 10.2. The van der Waals surface area contributed by atoms with Crippen LogP contribution in [-0.4, -0.2) is 21.9 Å². The van der Waals surface area contributed by atoms with Crippen molar-refractivity contribution in [3.63, 3.8) is 0 Å². The van der Waals surface area contributed by atoms with E-state index in [-0.39, 0.29) is 5.88 Å². The predicted molar refractivity (Wildman–Crippen MR) is 65.8 cm³/mol. The van der Waals surface area contributed by atoms with Gasteiger partial charge >= 0.3 is 0 Å². The first-order valence-corrected chi connectivity index (χ1v) is 5.55. The molecule has 0 bridgehead atoms. The number of nitrogens with one attached hydrogen (secondary N) is 1. The van der Waals surface area contributed by atoms with Crippen molar-refractivity contribution in [2.45, 2.75) is 0 Å². The summed E-state index contributed by atoms with van der Waals surface area (Å²) >= 11 is 9.00. The van der Waals surface area contributed by atoms with Gasteiger partial charge in [-0.2, -0.15) is 5.10 Å². The van der Waals surface area contributed by atoms with E-state index in [0.29, 0.717) is 5.84 Å². The Labute approximate surface area is 99.6 Å². The lowest BCUT2D eigenvalue weighted by Gasteiger charge is -1.99. The maximum atomic E-state index is 5.57. The van der Waals surface area contributed by atoms with Crippen LogP contribution in [0, 0.1) is 0 Å². The molecule has 3 N–H and O–H groups in total. The number of aromatic nitrogens is 2. The monoisotopic (exact) mass is 286 g/mol. The Bertz CT molecular complexity index is 520. The van der Waals surface area contributed by atoms with Crippen molar-refractivity contribution in [3.8, 4) is 0 Å². The van der Waals surface area contributed by atoms with Crippen molar-refractivity contribution < 1.29 is 0 Å². The van der Waals surface area contributed by atoms with Crippen LogP contribution < -0.4 is 5.73 Å². The number of halogens is 2. The summed E-state index contributed by atoms with van der Waals surface area (Å²) in [7, 11) is 0. The Kier molecular flexibility index (Phi) is 2.93. The van der Waals surface area contributed by atoms with E-state index < -0.39 is 0 Å². The van der Waals surface area contributed by atoms with Gasteiger partial charge in [0.25, 0.3) is 0 Å². The molecule has 0 aliphatic rings. The number of hydrogen-bond acceptors (Lipinski definition) is 2. The molecule has 78 valence electrons. The molecule has 4 nitrogen and oxygen atoms in total. The molecule has 0 aliphatic heterocycles. The molecule has 1 aromatic heterocycles. The van der Waals surface area contributed by atoms with Gasteiger partial charge in [0.15, 0.2) is 0 Å². The summed E-state index contributed by atoms with van der Waals surface area (Å²) in [6.07, 6.45) is 1.73. The maximum Gasteiger partial charge on any atom is 0.115 e. The van der Waals surface area contributed by atoms with Gasteiger partial charge in [-0.3, -0.25) is 5.10 Å². The van der Waals surface area contributed by atoms with E-state index in [1.54, 1.807) is 6.20 Å². The standard InChI is InChI=1S/C9H8BrClN4/c10-6-1-2-7(14-8(12)3-11)9-5(6)4-13-15-9/h1-2,4H,3H2,(H2,12,14)(H,13,15). The minimum Gasteiger partial charge on any atom is -0.386 e. The normalized spacial score (nSPS) is 12.3. The average Bonchev–Trinajstić information content (AvgIpc) is 2.71. The molecule has 0 unspecified atom stereocenters. The fourth-order valence-electron chi connectivity index (χ4n) is 1.27. The number of fused-ring (bicyclic) bond motifs is 1. The van der Waals surface area contributed by atoms with Gasteiger partial charge in [0, 0.05) is 9.86 Å². The van der Waals surface area contributed by atoms with Crippen LogP contribution in [0.3, 0.4) is 0 Å². The summed E-state index contributed by atoms with van der Waals surface area (Å²) in [6, 6.07) is 3.75.